The maximum Gasteiger partial charge on any atom is 0.148 e. The zero-order chi connectivity index (χ0) is 45.4. The molecule has 0 spiro atoms. The summed E-state index contributed by atoms with van der Waals surface area (Å²) >= 11 is 0. The fraction of sp³-hybridized carbons (Fsp3) is 0.322. The summed E-state index contributed by atoms with van der Waals surface area (Å²) in [4.78, 5) is 10.7. The molecule has 2 aromatic heterocycles. The molecular formula is C59H64N3OPt-. The van der Waals surface area contributed by atoms with Crippen LogP contribution >= 0.6 is 0 Å². The number of para-hydroxylation sites is 1. The molecule has 2 heterocycles. The molecule has 332 valence electrons. The molecule has 8 rings (SSSR count). The van der Waals surface area contributed by atoms with Gasteiger partial charge in [0.25, 0.3) is 0 Å². The van der Waals surface area contributed by atoms with Crippen LogP contribution in [-0.2, 0) is 42.7 Å². The minimum atomic E-state index is -0.323. The molecular weight excluding hydrogens is 962 g/mol. The third kappa shape index (κ3) is 8.88. The summed E-state index contributed by atoms with van der Waals surface area (Å²) in [6, 6.07) is 45.6. The SMILES string of the molecule is CC(C)c1ccc2c(-c3[c-]c(-c4cccc5c4nc(-c4cc(C(C)(C)C)cc(C(C)(C)C)c4O)n5-c4ccc(C(C)(C)C)cc4-c4ccccc4)cc(C(C)(C)C)c3)nccc2c1.[Pt]. The summed E-state index contributed by atoms with van der Waals surface area (Å²) in [5.74, 6) is 1.38. The van der Waals surface area contributed by atoms with E-state index in [1.807, 2.05) is 6.20 Å². The molecule has 8 aromatic rings. The summed E-state index contributed by atoms with van der Waals surface area (Å²) in [6.07, 6.45) is 1.92. The van der Waals surface area contributed by atoms with Crippen LogP contribution in [0.5, 0.6) is 5.75 Å². The third-order valence-corrected chi connectivity index (χ3v) is 12.6. The number of aromatic nitrogens is 3. The van der Waals surface area contributed by atoms with Gasteiger partial charge in [0.1, 0.15) is 11.6 Å². The number of nitrogens with zero attached hydrogens (tertiary/aromatic N) is 3. The molecule has 0 saturated carbocycles. The smallest absolute Gasteiger partial charge is 0.148 e. The molecule has 0 unspecified atom stereocenters. The number of benzene rings is 6. The van der Waals surface area contributed by atoms with Crippen LogP contribution in [-0.4, -0.2) is 19.6 Å². The van der Waals surface area contributed by atoms with Gasteiger partial charge < -0.3 is 5.11 Å². The Morgan fingerprint density at radius 2 is 1.22 bits per heavy atom. The number of hydrogen-bond donors (Lipinski definition) is 1. The predicted molar refractivity (Wildman–Crippen MR) is 268 cm³/mol. The fourth-order valence-electron chi connectivity index (χ4n) is 8.64. The van der Waals surface area contributed by atoms with Crippen molar-refractivity contribution in [3.63, 3.8) is 0 Å². The number of phenolic OH excluding ortho intramolecular Hbond substituents is 1. The second-order valence-electron chi connectivity index (χ2n) is 22.0. The van der Waals surface area contributed by atoms with Crippen LogP contribution < -0.4 is 0 Å². The number of aromatic hydroxyl groups is 1. The van der Waals surface area contributed by atoms with Crippen LogP contribution in [0.25, 0.3) is 72.4 Å². The van der Waals surface area contributed by atoms with Crippen molar-refractivity contribution >= 4 is 21.8 Å². The average molecular weight is 1030 g/mol. The van der Waals surface area contributed by atoms with Gasteiger partial charge in [-0.25, -0.2) is 4.98 Å². The molecule has 0 atom stereocenters. The third-order valence-electron chi connectivity index (χ3n) is 12.6. The molecule has 0 aliphatic carbocycles. The zero-order valence-electron chi connectivity index (χ0n) is 40.2. The molecule has 0 aliphatic heterocycles. The Morgan fingerprint density at radius 1 is 0.578 bits per heavy atom. The summed E-state index contributed by atoms with van der Waals surface area (Å²) in [6.45, 7) is 31.3. The van der Waals surface area contributed by atoms with Crippen LogP contribution in [0.15, 0.2) is 121 Å². The Labute approximate surface area is 396 Å². The minimum Gasteiger partial charge on any atom is -0.507 e. The first-order valence-electron chi connectivity index (χ1n) is 22.6. The van der Waals surface area contributed by atoms with E-state index >= 15 is 0 Å². The van der Waals surface area contributed by atoms with E-state index in [2.05, 4.69) is 223 Å². The number of fused-ring (bicyclic) bond motifs is 2. The van der Waals surface area contributed by atoms with Crippen LogP contribution in [0, 0.1) is 6.07 Å². The van der Waals surface area contributed by atoms with E-state index in [4.69, 9.17) is 9.97 Å². The Hall–Kier alpha value is -5.31. The number of hydrogen-bond acceptors (Lipinski definition) is 3. The second-order valence-corrected chi connectivity index (χ2v) is 22.0. The maximum absolute atomic E-state index is 12.5. The summed E-state index contributed by atoms with van der Waals surface area (Å²) in [7, 11) is 0. The maximum atomic E-state index is 12.5. The Bertz CT molecular complexity index is 3020. The van der Waals surface area contributed by atoms with Gasteiger partial charge in [-0.3, -0.25) is 9.55 Å². The zero-order valence-corrected chi connectivity index (χ0v) is 42.5. The minimum absolute atomic E-state index is 0. The van der Waals surface area contributed by atoms with Crippen LogP contribution in [0.1, 0.15) is 131 Å². The van der Waals surface area contributed by atoms with Crippen molar-refractivity contribution in [2.75, 3.05) is 0 Å². The van der Waals surface area contributed by atoms with Crippen LogP contribution in [0.4, 0.5) is 0 Å². The van der Waals surface area contributed by atoms with Crippen molar-refractivity contribution in [3.05, 3.63) is 155 Å². The number of rotatable bonds is 6. The van der Waals surface area contributed by atoms with Gasteiger partial charge in [0.15, 0.2) is 0 Å². The number of imidazole rings is 1. The normalized spacial score (nSPS) is 12.6. The van der Waals surface area contributed by atoms with Gasteiger partial charge in [-0.2, -0.15) is 0 Å². The predicted octanol–water partition coefficient (Wildman–Crippen LogP) is 16.1. The molecule has 0 aliphatic rings. The standard InChI is InChI=1S/C59H64N3O.Pt/c1-36(2)38-23-25-46-39(29-38)27-28-60-52(46)41-30-40(31-43(32-41)57(6,7)8)45-21-18-22-51-53(45)61-55(48-34-44(58(9,10)11)35-49(54(48)63)59(12,13)14)62(51)50-26-24-42(56(3,4)5)33-47(50)37-19-16-15-17-20-37;/h15-29,31-36,63H,1-14H3;/q-1;. The molecule has 0 amide bonds. The average Bonchev–Trinajstić information content (AvgIpc) is 3.61. The Morgan fingerprint density at radius 3 is 1.86 bits per heavy atom. The van der Waals surface area contributed by atoms with Crippen LogP contribution in [0.3, 0.4) is 0 Å². The van der Waals surface area contributed by atoms with Gasteiger partial charge in [-0.05, 0) is 90.9 Å². The van der Waals surface area contributed by atoms with E-state index in [0.29, 0.717) is 17.3 Å². The van der Waals surface area contributed by atoms with Gasteiger partial charge in [0.2, 0.25) is 0 Å². The summed E-state index contributed by atoms with van der Waals surface area (Å²) < 4.78 is 2.29. The number of phenols is 1. The van der Waals surface area contributed by atoms with Crippen molar-refractivity contribution in [3.8, 4) is 56.3 Å². The van der Waals surface area contributed by atoms with Gasteiger partial charge in [0.05, 0.1) is 22.3 Å². The largest absolute Gasteiger partial charge is 0.507 e. The molecule has 6 aromatic carbocycles. The second kappa shape index (κ2) is 16.9. The van der Waals surface area contributed by atoms with E-state index in [9.17, 15) is 5.11 Å². The van der Waals surface area contributed by atoms with Crippen molar-refractivity contribution in [1.29, 1.82) is 0 Å². The monoisotopic (exact) mass is 1030 g/mol. The van der Waals surface area contributed by atoms with Crippen molar-refractivity contribution < 1.29 is 26.2 Å². The van der Waals surface area contributed by atoms with Crippen molar-refractivity contribution in [1.82, 2.24) is 14.5 Å². The summed E-state index contributed by atoms with van der Waals surface area (Å²) in [5.41, 5.74) is 14.5. The fourth-order valence-corrected chi connectivity index (χ4v) is 8.64. The Kier molecular flexibility index (Phi) is 12.3. The van der Waals surface area contributed by atoms with E-state index < -0.39 is 0 Å². The first-order chi connectivity index (χ1) is 29.5. The van der Waals surface area contributed by atoms with Crippen molar-refractivity contribution in [2.24, 2.45) is 0 Å². The van der Waals surface area contributed by atoms with Gasteiger partial charge >= 0.3 is 0 Å². The molecule has 1 N–H and O–H groups in total. The summed E-state index contributed by atoms with van der Waals surface area (Å²) in [5, 5.41) is 14.8. The van der Waals surface area contributed by atoms with Gasteiger partial charge in [0, 0.05) is 44.1 Å². The molecule has 0 bridgehead atoms. The molecule has 0 saturated heterocycles. The number of pyridine rings is 1. The van der Waals surface area contributed by atoms with Crippen molar-refractivity contribution in [2.45, 2.75) is 125 Å². The van der Waals surface area contributed by atoms with Gasteiger partial charge in [-0.1, -0.05) is 181 Å². The van der Waals surface area contributed by atoms with E-state index in [1.54, 1.807) is 0 Å². The topological polar surface area (TPSA) is 50.9 Å². The molecule has 0 radical (unpaired) electrons. The molecule has 5 heteroatoms. The molecule has 64 heavy (non-hydrogen) atoms. The quantitative estimate of drug-likeness (QED) is 0.169. The first kappa shape index (κ1) is 46.7. The van der Waals surface area contributed by atoms with E-state index in [-0.39, 0.29) is 48.5 Å². The molecule has 4 nitrogen and oxygen atoms in total. The Balaban J connectivity index is 0.00000612. The molecule has 0 fully saturated rings. The van der Waals surface area contributed by atoms with Crippen LogP contribution in [0.2, 0.25) is 0 Å². The van der Waals surface area contributed by atoms with E-state index in [1.165, 1.54) is 22.1 Å². The first-order valence-corrected chi connectivity index (χ1v) is 22.6. The van der Waals surface area contributed by atoms with Gasteiger partial charge in [-0.15, -0.1) is 29.3 Å². The van der Waals surface area contributed by atoms with E-state index in [0.717, 1.165) is 66.7 Å².